The third-order valence-corrected chi connectivity index (χ3v) is 3.57. The van der Waals surface area contributed by atoms with Crippen molar-refractivity contribution in [3.63, 3.8) is 0 Å². The van der Waals surface area contributed by atoms with E-state index in [1.807, 2.05) is 42.5 Å². The number of rotatable bonds is 2. The highest BCUT2D eigenvalue weighted by molar-refractivity contribution is 9.10. The van der Waals surface area contributed by atoms with Crippen LogP contribution in [0.1, 0.15) is 0 Å². The molecule has 2 nitrogen and oxygen atoms in total. The summed E-state index contributed by atoms with van der Waals surface area (Å²) in [6, 6.07) is 15.6. The van der Waals surface area contributed by atoms with Gasteiger partial charge in [-0.2, -0.15) is 0 Å². The van der Waals surface area contributed by atoms with Crippen LogP contribution in [0.15, 0.2) is 59.2 Å². The number of anilines is 2. The predicted octanol–water partition coefficient (Wildman–Crippen LogP) is 5.39. The molecular formula is C15H10BrClN2. The number of nitrogens with one attached hydrogen (secondary N) is 1. The van der Waals surface area contributed by atoms with Crippen molar-refractivity contribution < 1.29 is 0 Å². The predicted molar refractivity (Wildman–Crippen MR) is 84.2 cm³/mol. The standard InChI is InChI=1S/C15H10BrClN2/c16-10-1-6-14-13(9-10)15(7-8-18-14)19-12-4-2-11(17)3-5-12/h1-9H,(H,18,19). The molecule has 0 aliphatic heterocycles. The molecule has 19 heavy (non-hydrogen) atoms. The van der Waals surface area contributed by atoms with Gasteiger partial charge in [-0.25, -0.2) is 0 Å². The second kappa shape index (κ2) is 5.19. The normalized spacial score (nSPS) is 10.6. The van der Waals surface area contributed by atoms with Crippen molar-refractivity contribution in [1.82, 2.24) is 4.98 Å². The first-order valence-corrected chi connectivity index (χ1v) is 6.96. The van der Waals surface area contributed by atoms with E-state index in [0.717, 1.165) is 31.8 Å². The number of nitrogens with zero attached hydrogens (tertiary/aromatic N) is 1. The lowest BCUT2D eigenvalue weighted by atomic mass is 10.2. The van der Waals surface area contributed by atoms with E-state index < -0.39 is 0 Å². The van der Waals surface area contributed by atoms with Gasteiger partial charge >= 0.3 is 0 Å². The molecule has 0 aliphatic rings. The number of hydrogen-bond donors (Lipinski definition) is 1. The fraction of sp³-hybridized carbons (Fsp3) is 0. The zero-order valence-electron chi connectivity index (χ0n) is 9.90. The molecule has 94 valence electrons. The number of pyridine rings is 1. The lowest BCUT2D eigenvalue weighted by Crippen LogP contribution is -1.92. The molecule has 0 fully saturated rings. The van der Waals surface area contributed by atoms with Crippen LogP contribution in [0.3, 0.4) is 0 Å². The summed E-state index contributed by atoms with van der Waals surface area (Å²) >= 11 is 9.38. The van der Waals surface area contributed by atoms with E-state index in [1.54, 1.807) is 6.20 Å². The second-order valence-electron chi connectivity index (χ2n) is 4.15. The molecule has 0 saturated heterocycles. The molecule has 0 unspecified atom stereocenters. The Kier molecular flexibility index (Phi) is 3.40. The summed E-state index contributed by atoms with van der Waals surface area (Å²) < 4.78 is 1.03. The van der Waals surface area contributed by atoms with E-state index in [9.17, 15) is 0 Å². The van der Waals surface area contributed by atoms with Crippen LogP contribution in [-0.4, -0.2) is 4.98 Å². The van der Waals surface area contributed by atoms with Gasteiger partial charge in [0.05, 0.1) is 5.52 Å². The zero-order chi connectivity index (χ0) is 13.2. The van der Waals surface area contributed by atoms with E-state index >= 15 is 0 Å². The largest absolute Gasteiger partial charge is 0.355 e. The van der Waals surface area contributed by atoms with Gasteiger partial charge in [0.2, 0.25) is 0 Å². The Morgan fingerprint density at radius 1 is 1.00 bits per heavy atom. The van der Waals surface area contributed by atoms with E-state index in [2.05, 4.69) is 32.3 Å². The molecule has 0 radical (unpaired) electrons. The summed E-state index contributed by atoms with van der Waals surface area (Å²) in [6.45, 7) is 0. The monoisotopic (exact) mass is 332 g/mol. The molecule has 4 heteroatoms. The van der Waals surface area contributed by atoms with Gasteiger partial charge in [-0.15, -0.1) is 0 Å². The van der Waals surface area contributed by atoms with Crippen molar-refractivity contribution in [2.45, 2.75) is 0 Å². The molecule has 0 bridgehead atoms. The Hall–Kier alpha value is -1.58. The van der Waals surface area contributed by atoms with Crippen molar-refractivity contribution in [1.29, 1.82) is 0 Å². The Morgan fingerprint density at radius 3 is 2.58 bits per heavy atom. The van der Waals surface area contributed by atoms with Crippen molar-refractivity contribution in [3.8, 4) is 0 Å². The Morgan fingerprint density at radius 2 is 1.79 bits per heavy atom. The number of hydrogen-bond acceptors (Lipinski definition) is 2. The summed E-state index contributed by atoms with van der Waals surface area (Å²) in [5.41, 5.74) is 2.98. The molecule has 1 N–H and O–H groups in total. The summed E-state index contributed by atoms with van der Waals surface area (Å²) in [5, 5.41) is 5.19. The molecule has 0 saturated carbocycles. The molecule has 1 heterocycles. The first-order chi connectivity index (χ1) is 9.22. The van der Waals surface area contributed by atoms with Crippen LogP contribution in [0.25, 0.3) is 10.9 Å². The lowest BCUT2D eigenvalue weighted by Gasteiger charge is -2.09. The number of fused-ring (bicyclic) bond motifs is 1. The first kappa shape index (κ1) is 12.5. The number of halogens is 2. The zero-order valence-corrected chi connectivity index (χ0v) is 12.2. The maximum absolute atomic E-state index is 5.89. The number of aromatic nitrogens is 1. The Bertz CT molecular complexity index is 726. The van der Waals surface area contributed by atoms with Crippen LogP contribution in [0.4, 0.5) is 11.4 Å². The van der Waals surface area contributed by atoms with Crippen molar-refractivity contribution in [2.24, 2.45) is 0 Å². The lowest BCUT2D eigenvalue weighted by molar-refractivity contribution is 1.40. The Balaban J connectivity index is 2.05. The molecule has 0 spiro atoms. The van der Waals surface area contributed by atoms with Gasteiger partial charge in [0.15, 0.2) is 0 Å². The minimum absolute atomic E-state index is 0.730. The topological polar surface area (TPSA) is 24.9 Å². The maximum atomic E-state index is 5.89. The van der Waals surface area contributed by atoms with Crippen LogP contribution in [-0.2, 0) is 0 Å². The molecule has 3 aromatic rings. The molecule has 0 atom stereocenters. The summed E-state index contributed by atoms with van der Waals surface area (Å²) in [7, 11) is 0. The fourth-order valence-corrected chi connectivity index (χ4v) is 2.40. The average Bonchev–Trinajstić information content (AvgIpc) is 2.42. The minimum atomic E-state index is 0.730. The summed E-state index contributed by atoms with van der Waals surface area (Å²) in [5.74, 6) is 0. The summed E-state index contributed by atoms with van der Waals surface area (Å²) in [6.07, 6.45) is 1.80. The maximum Gasteiger partial charge on any atom is 0.0723 e. The highest BCUT2D eigenvalue weighted by atomic mass is 79.9. The van der Waals surface area contributed by atoms with Crippen molar-refractivity contribution in [3.05, 3.63) is 64.2 Å². The quantitative estimate of drug-likeness (QED) is 0.679. The molecule has 0 amide bonds. The van der Waals surface area contributed by atoms with E-state index in [-0.39, 0.29) is 0 Å². The summed E-state index contributed by atoms with van der Waals surface area (Å²) in [4.78, 5) is 4.36. The second-order valence-corrected chi connectivity index (χ2v) is 5.50. The van der Waals surface area contributed by atoms with Gasteiger partial charge in [-0.3, -0.25) is 4.98 Å². The van der Waals surface area contributed by atoms with Crippen LogP contribution < -0.4 is 5.32 Å². The van der Waals surface area contributed by atoms with Gasteiger partial charge in [-0.1, -0.05) is 27.5 Å². The fourth-order valence-electron chi connectivity index (χ4n) is 1.92. The highest BCUT2D eigenvalue weighted by Crippen LogP contribution is 2.28. The van der Waals surface area contributed by atoms with Gasteiger partial charge in [0, 0.05) is 32.5 Å². The van der Waals surface area contributed by atoms with Gasteiger partial charge < -0.3 is 5.32 Å². The molecule has 0 aliphatic carbocycles. The Labute approximate surface area is 124 Å². The first-order valence-electron chi connectivity index (χ1n) is 5.79. The highest BCUT2D eigenvalue weighted by Gasteiger charge is 2.03. The van der Waals surface area contributed by atoms with E-state index in [4.69, 9.17) is 11.6 Å². The average molecular weight is 334 g/mol. The van der Waals surface area contributed by atoms with Crippen molar-refractivity contribution in [2.75, 3.05) is 5.32 Å². The van der Waals surface area contributed by atoms with Crippen LogP contribution in [0.2, 0.25) is 5.02 Å². The minimum Gasteiger partial charge on any atom is -0.355 e. The van der Waals surface area contributed by atoms with Crippen LogP contribution in [0, 0.1) is 0 Å². The third kappa shape index (κ3) is 2.72. The molecular weight excluding hydrogens is 324 g/mol. The van der Waals surface area contributed by atoms with Gasteiger partial charge in [-0.05, 0) is 48.5 Å². The molecule has 2 aromatic carbocycles. The number of benzene rings is 2. The smallest absolute Gasteiger partial charge is 0.0723 e. The van der Waals surface area contributed by atoms with E-state index in [1.165, 1.54) is 0 Å². The van der Waals surface area contributed by atoms with Crippen LogP contribution >= 0.6 is 27.5 Å². The SMILES string of the molecule is Clc1ccc(Nc2ccnc3ccc(Br)cc23)cc1. The van der Waals surface area contributed by atoms with E-state index in [0.29, 0.717) is 0 Å². The van der Waals surface area contributed by atoms with Gasteiger partial charge in [0.25, 0.3) is 0 Å². The van der Waals surface area contributed by atoms with Gasteiger partial charge in [0.1, 0.15) is 0 Å². The molecule has 3 rings (SSSR count). The van der Waals surface area contributed by atoms with Crippen LogP contribution in [0.5, 0.6) is 0 Å². The molecule has 1 aromatic heterocycles. The van der Waals surface area contributed by atoms with Crippen molar-refractivity contribution >= 4 is 49.8 Å². The third-order valence-electron chi connectivity index (χ3n) is 2.83.